The van der Waals surface area contributed by atoms with Crippen LogP contribution in [-0.2, 0) is 4.79 Å². The number of thioether (sulfide) groups is 1. The second-order valence-corrected chi connectivity index (χ2v) is 7.97. The van der Waals surface area contributed by atoms with Crippen LogP contribution < -0.4 is 5.32 Å². The normalized spacial score (nSPS) is 17.5. The second-order valence-electron chi connectivity index (χ2n) is 5.77. The van der Waals surface area contributed by atoms with Crippen molar-refractivity contribution in [1.82, 2.24) is 15.1 Å². The van der Waals surface area contributed by atoms with Crippen molar-refractivity contribution in [3.8, 4) is 0 Å². The lowest BCUT2D eigenvalue weighted by Gasteiger charge is -2.27. The Kier molecular flexibility index (Phi) is 5.72. The van der Waals surface area contributed by atoms with E-state index in [9.17, 15) is 4.79 Å². The van der Waals surface area contributed by atoms with Crippen LogP contribution in [0.15, 0.2) is 28.8 Å². The third-order valence-electron chi connectivity index (χ3n) is 3.88. The van der Waals surface area contributed by atoms with Crippen LogP contribution in [0, 0.1) is 0 Å². The van der Waals surface area contributed by atoms with Gasteiger partial charge in [-0.15, -0.1) is 16.8 Å². The molecule has 7 heteroatoms. The predicted molar refractivity (Wildman–Crippen MR) is 95.7 cm³/mol. The number of hydrogen-bond acceptors (Lipinski definition) is 6. The minimum absolute atomic E-state index is 0.210. The largest absolute Gasteiger partial charge is 0.357 e. The van der Waals surface area contributed by atoms with Crippen LogP contribution in [0.2, 0.25) is 0 Å². The second kappa shape index (κ2) is 7.97. The van der Waals surface area contributed by atoms with Gasteiger partial charge < -0.3 is 10.2 Å². The number of allylic oxidation sites excluding steroid dienone is 2. The summed E-state index contributed by atoms with van der Waals surface area (Å²) in [5, 5.41) is 12.1. The van der Waals surface area contributed by atoms with Crippen molar-refractivity contribution in [1.29, 1.82) is 0 Å². The van der Waals surface area contributed by atoms with Gasteiger partial charge in [0, 0.05) is 18.3 Å². The van der Waals surface area contributed by atoms with Gasteiger partial charge in [0.1, 0.15) is 0 Å². The topological polar surface area (TPSA) is 58.1 Å². The molecule has 0 spiro atoms. The summed E-state index contributed by atoms with van der Waals surface area (Å²) in [4.78, 5) is 14.7. The van der Waals surface area contributed by atoms with Crippen LogP contribution in [-0.4, -0.2) is 39.3 Å². The number of amides is 1. The number of carbonyl (C=O) groups is 1. The fourth-order valence-corrected chi connectivity index (χ4v) is 4.28. The molecule has 0 radical (unpaired) electrons. The highest BCUT2D eigenvalue weighted by atomic mass is 32.2. The summed E-state index contributed by atoms with van der Waals surface area (Å²) in [5.74, 6) is 0.644. The van der Waals surface area contributed by atoms with E-state index in [1.54, 1.807) is 6.08 Å². The average Bonchev–Trinajstić information content (AvgIpc) is 3.30. The van der Waals surface area contributed by atoms with Crippen LogP contribution in [0.5, 0.6) is 0 Å². The van der Waals surface area contributed by atoms with Crippen LogP contribution in [0.3, 0.4) is 0 Å². The van der Waals surface area contributed by atoms with Gasteiger partial charge >= 0.3 is 0 Å². The molecule has 0 unspecified atom stereocenters. The van der Waals surface area contributed by atoms with Gasteiger partial charge in [-0.2, -0.15) is 0 Å². The maximum Gasteiger partial charge on any atom is 0.237 e. The number of carbonyl (C=O) groups excluding carboxylic acids is 1. The molecule has 1 aromatic heterocycles. The molecule has 1 saturated carbocycles. The first-order chi connectivity index (χ1) is 11.3. The zero-order valence-corrected chi connectivity index (χ0v) is 14.8. The fourth-order valence-electron chi connectivity index (χ4n) is 2.66. The minimum atomic E-state index is 0.210. The van der Waals surface area contributed by atoms with Crippen LogP contribution in [0.25, 0.3) is 0 Å². The van der Waals surface area contributed by atoms with Crippen molar-refractivity contribution in [2.45, 2.75) is 48.9 Å². The van der Waals surface area contributed by atoms with E-state index in [2.05, 4.69) is 33.1 Å². The summed E-state index contributed by atoms with van der Waals surface area (Å²) >= 11 is 2.96. The third-order valence-corrected chi connectivity index (χ3v) is 5.88. The van der Waals surface area contributed by atoms with E-state index >= 15 is 0 Å². The SMILES string of the molecule is C=CCNc1nnc(SCC(=O)N(C2=CCCCC2)C2CC2)s1. The molecule has 124 valence electrons. The first-order valence-electron chi connectivity index (χ1n) is 8.10. The zero-order chi connectivity index (χ0) is 16.1. The van der Waals surface area contributed by atoms with Crippen molar-refractivity contribution in [3.63, 3.8) is 0 Å². The molecule has 0 saturated heterocycles. The average molecular weight is 351 g/mol. The van der Waals surface area contributed by atoms with Crippen molar-refractivity contribution < 1.29 is 4.79 Å². The number of nitrogens with one attached hydrogen (secondary N) is 1. The van der Waals surface area contributed by atoms with Gasteiger partial charge in [0.15, 0.2) is 4.34 Å². The molecule has 5 nitrogen and oxygen atoms in total. The van der Waals surface area contributed by atoms with Gasteiger partial charge in [-0.25, -0.2) is 0 Å². The first kappa shape index (κ1) is 16.5. The molecule has 23 heavy (non-hydrogen) atoms. The monoisotopic (exact) mass is 350 g/mol. The molecule has 1 aromatic rings. The lowest BCUT2D eigenvalue weighted by atomic mass is 10.0. The lowest BCUT2D eigenvalue weighted by Crippen LogP contribution is -2.34. The molecule has 0 bridgehead atoms. The number of aromatic nitrogens is 2. The van der Waals surface area contributed by atoms with E-state index in [-0.39, 0.29) is 5.91 Å². The van der Waals surface area contributed by atoms with Crippen LogP contribution >= 0.6 is 23.1 Å². The van der Waals surface area contributed by atoms with Crippen LogP contribution in [0.1, 0.15) is 38.5 Å². The Morgan fingerprint density at radius 1 is 1.48 bits per heavy atom. The van der Waals surface area contributed by atoms with Crippen molar-refractivity contribution in [2.24, 2.45) is 0 Å². The summed E-state index contributed by atoms with van der Waals surface area (Å²) in [7, 11) is 0. The summed E-state index contributed by atoms with van der Waals surface area (Å²) in [5.41, 5.74) is 1.25. The highest BCUT2D eigenvalue weighted by molar-refractivity contribution is 8.01. The minimum Gasteiger partial charge on any atom is -0.357 e. The number of hydrogen-bond donors (Lipinski definition) is 1. The van der Waals surface area contributed by atoms with Gasteiger partial charge in [-0.1, -0.05) is 35.3 Å². The molecule has 0 aromatic carbocycles. The Balaban J connectivity index is 1.55. The van der Waals surface area contributed by atoms with E-state index in [1.807, 2.05) is 0 Å². The van der Waals surface area contributed by atoms with Crippen molar-refractivity contribution >= 4 is 34.1 Å². The molecule has 1 N–H and O–H groups in total. The lowest BCUT2D eigenvalue weighted by molar-refractivity contribution is -0.127. The quantitative estimate of drug-likeness (QED) is 0.572. The summed E-state index contributed by atoms with van der Waals surface area (Å²) < 4.78 is 0.832. The molecule has 2 aliphatic carbocycles. The Morgan fingerprint density at radius 3 is 3.04 bits per heavy atom. The molecule has 1 fully saturated rings. The zero-order valence-electron chi connectivity index (χ0n) is 13.2. The number of anilines is 1. The Morgan fingerprint density at radius 2 is 2.35 bits per heavy atom. The molecular weight excluding hydrogens is 328 g/mol. The van der Waals surface area contributed by atoms with Gasteiger partial charge in [0.2, 0.25) is 11.0 Å². The Bertz CT molecular complexity index is 595. The Hall–Kier alpha value is -1.34. The molecular formula is C16H22N4OS2. The third kappa shape index (κ3) is 4.57. The Labute approximate surface area is 145 Å². The van der Waals surface area contributed by atoms with Gasteiger partial charge in [0.25, 0.3) is 0 Å². The highest BCUT2D eigenvalue weighted by Crippen LogP contribution is 2.35. The van der Waals surface area contributed by atoms with E-state index in [0.29, 0.717) is 18.3 Å². The van der Waals surface area contributed by atoms with E-state index in [1.165, 1.54) is 41.6 Å². The molecule has 1 amide bonds. The maximum atomic E-state index is 12.7. The van der Waals surface area contributed by atoms with Crippen molar-refractivity contribution in [3.05, 3.63) is 24.4 Å². The van der Waals surface area contributed by atoms with Crippen LogP contribution in [0.4, 0.5) is 5.13 Å². The highest BCUT2D eigenvalue weighted by Gasteiger charge is 2.34. The molecule has 2 aliphatic rings. The predicted octanol–water partition coefficient (Wildman–Crippen LogP) is 3.68. The summed E-state index contributed by atoms with van der Waals surface area (Å²) in [6.45, 7) is 4.33. The van der Waals surface area contributed by atoms with Gasteiger partial charge in [-0.3, -0.25) is 4.79 Å². The number of nitrogens with zero attached hydrogens (tertiary/aromatic N) is 3. The molecule has 1 heterocycles. The summed E-state index contributed by atoms with van der Waals surface area (Å²) in [6.07, 6.45) is 10.9. The molecule has 3 rings (SSSR count). The molecule has 0 atom stereocenters. The fraction of sp³-hybridized carbons (Fsp3) is 0.562. The van der Waals surface area contributed by atoms with Crippen molar-refractivity contribution in [2.75, 3.05) is 17.6 Å². The summed E-state index contributed by atoms with van der Waals surface area (Å²) in [6, 6.07) is 0.437. The van der Waals surface area contributed by atoms with Gasteiger partial charge in [0.05, 0.1) is 5.75 Å². The van der Waals surface area contributed by atoms with E-state index in [4.69, 9.17) is 0 Å². The first-order valence-corrected chi connectivity index (χ1v) is 9.90. The maximum absolute atomic E-state index is 12.7. The van der Waals surface area contributed by atoms with Gasteiger partial charge in [-0.05, 0) is 38.5 Å². The smallest absolute Gasteiger partial charge is 0.237 e. The van der Waals surface area contributed by atoms with E-state index in [0.717, 1.165) is 35.2 Å². The number of rotatable bonds is 8. The molecule has 0 aliphatic heterocycles. The standard InChI is InChI=1S/C16H22N4OS2/c1-2-10-17-15-18-19-16(23-15)22-11-14(21)20(13-8-9-13)12-6-4-3-5-7-12/h2,6,13H,1,3-5,7-11H2,(H,17,18). The van der Waals surface area contributed by atoms with E-state index < -0.39 is 0 Å².